The van der Waals surface area contributed by atoms with Crippen LogP contribution in [0, 0.1) is 13.8 Å². The van der Waals surface area contributed by atoms with E-state index in [2.05, 4.69) is 10.1 Å². The topological polar surface area (TPSA) is 72.7 Å². The van der Waals surface area contributed by atoms with Gasteiger partial charge < -0.3 is 4.98 Å². The highest BCUT2D eigenvalue weighted by molar-refractivity contribution is 5.97. The Labute approximate surface area is 117 Å². The van der Waals surface area contributed by atoms with Gasteiger partial charge in [0.15, 0.2) is 5.78 Å². The number of rotatable bonds is 3. The molecule has 2 aromatic rings. The first-order valence-electron chi connectivity index (χ1n) is 6.54. The molecule has 0 amide bonds. The summed E-state index contributed by atoms with van der Waals surface area (Å²) in [4.78, 5) is 27.5. The Balaban J connectivity index is 2.28. The summed E-state index contributed by atoms with van der Waals surface area (Å²) in [6, 6.07) is 1.80. The zero-order valence-corrected chi connectivity index (χ0v) is 12.5. The van der Waals surface area contributed by atoms with Crippen LogP contribution in [0.15, 0.2) is 17.2 Å². The fourth-order valence-corrected chi connectivity index (χ4v) is 2.16. The number of Topliss-reactive ketones (excluding diaryl/α,β-unsaturated/α-hetero) is 1. The quantitative estimate of drug-likeness (QED) is 0.866. The van der Waals surface area contributed by atoms with Crippen LogP contribution in [-0.4, -0.2) is 25.1 Å². The lowest BCUT2D eigenvalue weighted by molar-refractivity contribution is 0.0969. The van der Waals surface area contributed by atoms with E-state index >= 15 is 0 Å². The van der Waals surface area contributed by atoms with Crippen molar-refractivity contribution in [2.24, 2.45) is 0 Å². The van der Waals surface area contributed by atoms with Gasteiger partial charge in [-0.3, -0.25) is 9.36 Å². The van der Waals surface area contributed by atoms with Crippen LogP contribution in [-0.2, 0) is 12.1 Å². The van der Waals surface area contributed by atoms with Gasteiger partial charge >= 0.3 is 5.69 Å². The molecule has 0 radical (unpaired) electrons. The molecule has 108 valence electrons. The number of H-pyrrole nitrogens is 1. The Morgan fingerprint density at radius 2 is 2.00 bits per heavy atom. The minimum atomic E-state index is -0.397. The van der Waals surface area contributed by atoms with Gasteiger partial charge in [0.1, 0.15) is 6.33 Å². The summed E-state index contributed by atoms with van der Waals surface area (Å²) in [6.07, 6.45) is 1.42. The van der Waals surface area contributed by atoms with Gasteiger partial charge in [-0.15, -0.1) is 0 Å². The zero-order chi connectivity index (χ0) is 15.1. The standard InChI is InChI=1S/C14H20N4O2/c1-9-6-11(10(2)16-9)12(19)7-17-8-15-18(13(17)20)14(3,4)5/h6,8,16H,7H2,1-5H3. The van der Waals surface area contributed by atoms with Gasteiger partial charge in [-0.2, -0.15) is 5.10 Å². The number of nitrogens with zero attached hydrogens (tertiary/aromatic N) is 3. The fraction of sp³-hybridized carbons (Fsp3) is 0.500. The number of aromatic nitrogens is 4. The van der Waals surface area contributed by atoms with Crippen LogP contribution in [0.2, 0.25) is 0 Å². The first-order chi connectivity index (χ1) is 9.20. The first kappa shape index (κ1) is 14.3. The van der Waals surface area contributed by atoms with Crippen LogP contribution >= 0.6 is 0 Å². The minimum absolute atomic E-state index is 0.00699. The van der Waals surface area contributed by atoms with E-state index in [-0.39, 0.29) is 18.0 Å². The number of hydrogen-bond acceptors (Lipinski definition) is 3. The maximum absolute atomic E-state index is 12.2. The number of carbonyl (C=O) groups is 1. The van der Waals surface area contributed by atoms with Crippen LogP contribution in [0.4, 0.5) is 0 Å². The molecule has 0 atom stereocenters. The maximum Gasteiger partial charge on any atom is 0.346 e. The number of hydrogen-bond donors (Lipinski definition) is 1. The summed E-state index contributed by atoms with van der Waals surface area (Å²) in [5.74, 6) is -0.0950. The predicted octanol–water partition coefficient (Wildman–Crippen LogP) is 1.63. The van der Waals surface area contributed by atoms with Crippen LogP contribution in [0.1, 0.15) is 42.5 Å². The third kappa shape index (κ3) is 2.59. The molecule has 0 bridgehead atoms. The van der Waals surface area contributed by atoms with E-state index in [1.165, 1.54) is 15.6 Å². The Morgan fingerprint density at radius 3 is 2.45 bits per heavy atom. The maximum atomic E-state index is 12.2. The molecule has 2 heterocycles. The summed E-state index contributed by atoms with van der Waals surface area (Å²) in [5, 5.41) is 4.07. The van der Waals surface area contributed by atoms with Gasteiger partial charge in [-0.05, 0) is 40.7 Å². The highest BCUT2D eigenvalue weighted by Crippen LogP contribution is 2.11. The number of carbonyl (C=O) groups excluding carboxylic acids is 1. The average molecular weight is 276 g/mol. The largest absolute Gasteiger partial charge is 0.362 e. The van der Waals surface area contributed by atoms with Crippen molar-refractivity contribution in [3.63, 3.8) is 0 Å². The predicted molar refractivity (Wildman–Crippen MR) is 76.1 cm³/mol. The summed E-state index contributed by atoms with van der Waals surface area (Å²) >= 11 is 0. The van der Waals surface area contributed by atoms with Crippen LogP contribution in [0.5, 0.6) is 0 Å². The molecule has 0 aliphatic heterocycles. The fourth-order valence-electron chi connectivity index (χ4n) is 2.16. The number of nitrogens with one attached hydrogen (secondary N) is 1. The second kappa shape index (κ2) is 4.77. The number of aromatic amines is 1. The molecule has 0 aromatic carbocycles. The molecule has 0 unspecified atom stereocenters. The monoisotopic (exact) mass is 276 g/mol. The Morgan fingerprint density at radius 1 is 1.35 bits per heavy atom. The van der Waals surface area contributed by atoms with Crippen molar-refractivity contribution in [2.75, 3.05) is 0 Å². The second-order valence-electron chi connectivity index (χ2n) is 6.04. The molecule has 2 rings (SSSR count). The van der Waals surface area contributed by atoms with E-state index in [4.69, 9.17) is 0 Å². The Hall–Kier alpha value is -2.11. The molecule has 20 heavy (non-hydrogen) atoms. The van der Waals surface area contributed by atoms with Crippen molar-refractivity contribution in [2.45, 2.75) is 46.7 Å². The van der Waals surface area contributed by atoms with Crippen LogP contribution in [0.3, 0.4) is 0 Å². The molecule has 1 N–H and O–H groups in total. The molecule has 0 saturated heterocycles. The average Bonchev–Trinajstić information content (AvgIpc) is 2.82. The van der Waals surface area contributed by atoms with Crippen molar-refractivity contribution in [3.05, 3.63) is 39.8 Å². The first-order valence-corrected chi connectivity index (χ1v) is 6.54. The molecular weight excluding hydrogens is 256 g/mol. The molecule has 0 aliphatic carbocycles. The lowest BCUT2D eigenvalue weighted by atomic mass is 10.1. The molecule has 6 heteroatoms. The van der Waals surface area contributed by atoms with Crippen molar-refractivity contribution >= 4 is 5.78 Å². The molecule has 2 aromatic heterocycles. The highest BCUT2D eigenvalue weighted by Gasteiger charge is 2.20. The third-order valence-corrected chi connectivity index (χ3v) is 3.13. The summed E-state index contributed by atoms with van der Waals surface area (Å²) in [7, 11) is 0. The molecule has 0 spiro atoms. The summed E-state index contributed by atoms with van der Waals surface area (Å²) < 4.78 is 2.73. The Kier molecular flexibility index (Phi) is 3.41. The van der Waals surface area contributed by atoms with Crippen molar-refractivity contribution in [1.82, 2.24) is 19.3 Å². The van der Waals surface area contributed by atoms with E-state index < -0.39 is 5.54 Å². The summed E-state index contributed by atoms with van der Waals surface area (Å²) in [5.41, 5.74) is 1.72. The second-order valence-corrected chi connectivity index (χ2v) is 6.04. The van der Waals surface area contributed by atoms with E-state index in [0.717, 1.165) is 11.4 Å². The lowest BCUT2D eigenvalue weighted by Crippen LogP contribution is -2.36. The molecule has 0 saturated carbocycles. The van der Waals surface area contributed by atoms with Gasteiger partial charge in [0.2, 0.25) is 0 Å². The van der Waals surface area contributed by atoms with E-state index in [0.29, 0.717) is 5.56 Å². The smallest absolute Gasteiger partial charge is 0.346 e. The van der Waals surface area contributed by atoms with Gasteiger partial charge in [-0.1, -0.05) is 0 Å². The van der Waals surface area contributed by atoms with Crippen molar-refractivity contribution in [1.29, 1.82) is 0 Å². The zero-order valence-electron chi connectivity index (χ0n) is 12.5. The van der Waals surface area contributed by atoms with Gasteiger partial charge in [0.05, 0.1) is 12.1 Å². The van der Waals surface area contributed by atoms with Gasteiger partial charge in [-0.25, -0.2) is 9.48 Å². The molecule has 6 nitrogen and oxygen atoms in total. The molecule has 0 fully saturated rings. The lowest BCUT2D eigenvalue weighted by Gasteiger charge is -2.16. The van der Waals surface area contributed by atoms with E-state index in [1.807, 2.05) is 34.6 Å². The van der Waals surface area contributed by atoms with Gasteiger partial charge in [0, 0.05) is 17.0 Å². The van der Waals surface area contributed by atoms with Crippen molar-refractivity contribution < 1.29 is 4.79 Å². The summed E-state index contributed by atoms with van der Waals surface area (Å²) in [6.45, 7) is 9.44. The normalized spacial score (nSPS) is 11.8. The Bertz CT molecular complexity index is 698. The number of ketones is 1. The minimum Gasteiger partial charge on any atom is -0.362 e. The van der Waals surface area contributed by atoms with Crippen molar-refractivity contribution in [3.8, 4) is 0 Å². The van der Waals surface area contributed by atoms with Crippen LogP contribution < -0.4 is 5.69 Å². The SMILES string of the molecule is Cc1cc(C(=O)Cn2cnn(C(C)(C)C)c2=O)c(C)[nH]1. The number of aryl methyl sites for hydroxylation is 2. The molecular formula is C14H20N4O2. The van der Waals surface area contributed by atoms with Crippen LogP contribution in [0.25, 0.3) is 0 Å². The van der Waals surface area contributed by atoms with E-state index in [9.17, 15) is 9.59 Å². The van der Waals surface area contributed by atoms with E-state index in [1.54, 1.807) is 6.07 Å². The van der Waals surface area contributed by atoms with Gasteiger partial charge in [0.25, 0.3) is 0 Å². The third-order valence-electron chi connectivity index (χ3n) is 3.13. The highest BCUT2D eigenvalue weighted by atomic mass is 16.2. The molecule has 0 aliphatic rings.